The third-order valence-electron chi connectivity index (χ3n) is 3.97. The van der Waals surface area contributed by atoms with Gasteiger partial charge in [-0.25, -0.2) is 0 Å². The Balaban J connectivity index is 1.78. The van der Waals surface area contributed by atoms with Crippen LogP contribution in [0.25, 0.3) is 0 Å². The molecule has 4 heteroatoms. The zero-order valence-corrected chi connectivity index (χ0v) is 13.4. The molecule has 0 bridgehead atoms. The van der Waals surface area contributed by atoms with Gasteiger partial charge in [-0.1, -0.05) is 43.7 Å². The van der Waals surface area contributed by atoms with E-state index in [1.807, 2.05) is 13.0 Å². The Kier molecular flexibility index (Phi) is 6.37. The minimum Gasteiger partial charge on any atom is -0.484 e. The zero-order chi connectivity index (χ0) is 15.1. The monoisotopic (exact) mass is 309 g/mol. The first kappa shape index (κ1) is 16.2. The average molecular weight is 310 g/mol. The number of halogens is 1. The summed E-state index contributed by atoms with van der Waals surface area (Å²) >= 11 is 5.90. The van der Waals surface area contributed by atoms with E-state index in [-0.39, 0.29) is 12.5 Å². The van der Waals surface area contributed by atoms with Crippen molar-refractivity contribution >= 4 is 17.5 Å². The van der Waals surface area contributed by atoms with E-state index in [1.54, 1.807) is 12.1 Å². The fourth-order valence-electron chi connectivity index (χ4n) is 2.79. The van der Waals surface area contributed by atoms with Gasteiger partial charge in [0.1, 0.15) is 5.75 Å². The third-order valence-corrected chi connectivity index (χ3v) is 4.20. The number of nitrogens with one attached hydrogen (secondary N) is 1. The van der Waals surface area contributed by atoms with E-state index in [9.17, 15) is 4.79 Å². The van der Waals surface area contributed by atoms with Gasteiger partial charge in [0.2, 0.25) is 0 Å². The van der Waals surface area contributed by atoms with E-state index in [2.05, 4.69) is 5.32 Å². The molecule has 1 saturated carbocycles. The topological polar surface area (TPSA) is 38.3 Å². The number of amides is 1. The molecular formula is C17H24ClNO2. The van der Waals surface area contributed by atoms with Gasteiger partial charge >= 0.3 is 0 Å². The molecule has 0 unspecified atom stereocenters. The molecule has 1 aliphatic carbocycles. The van der Waals surface area contributed by atoms with Gasteiger partial charge in [-0.2, -0.15) is 0 Å². The fourth-order valence-corrected chi connectivity index (χ4v) is 3.01. The second-order valence-electron chi connectivity index (χ2n) is 5.81. The Morgan fingerprint density at radius 3 is 2.57 bits per heavy atom. The molecule has 0 aliphatic heterocycles. The van der Waals surface area contributed by atoms with E-state index in [4.69, 9.17) is 16.3 Å². The number of rotatable bonds is 4. The molecule has 3 nitrogen and oxygen atoms in total. The maximum atomic E-state index is 12.0. The number of hydrogen-bond donors (Lipinski definition) is 1. The highest BCUT2D eigenvalue weighted by atomic mass is 35.5. The van der Waals surface area contributed by atoms with Crippen molar-refractivity contribution in [1.29, 1.82) is 0 Å². The molecule has 0 aromatic heterocycles. The van der Waals surface area contributed by atoms with E-state index in [0.717, 1.165) is 18.4 Å². The highest BCUT2D eigenvalue weighted by molar-refractivity contribution is 6.30. The molecule has 21 heavy (non-hydrogen) atoms. The molecule has 1 aromatic rings. The van der Waals surface area contributed by atoms with Crippen molar-refractivity contribution in [1.82, 2.24) is 5.32 Å². The Hall–Kier alpha value is -1.22. The van der Waals surface area contributed by atoms with Gasteiger partial charge in [-0.05, 0) is 43.5 Å². The van der Waals surface area contributed by atoms with Gasteiger partial charge in [0.05, 0.1) is 0 Å². The van der Waals surface area contributed by atoms with Crippen LogP contribution in [-0.2, 0) is 4.79 Å². The van der Waals surface area contributed by atoms with Crippen LogP contribution < -0.4 is 10.1 Å². The molecule has 1 amide bonds. The van der Waals surface area contributed by atoms with E-state index in [0.29, 0.717) is 16.8 Å². The molecule has 1 fully saturated rings. The van der Waals surface area contributed by atoms with Crippen molar-refractivity contribution in [2.24, 2.45) is 0 Å². The fraction of sp³-hybridized carbons (Fsp3) is 0.588. The van der Waals surface area contributed by atoms with Crippen molar-refractivity contribution in [3.8, 4) is 5.75 Å². The van der Waals surface area contributed by atoms with Gasteiger partial charge in [0.25, 0.3) is 5.91 Å². The van der Waals surface area contributed by atoms with Crippen LogP contribution in [0.5, 0.6) is 5.75 Å². The van der Waals surface area contributed by atoms with Gasteiger partial charge in [0, 0.05) is 11.1 Å². The number of benzene rings is 1. The Morgan fingerprint density at radius 1 is 1.24 bits per heavy atom. The largest absolute Gasteiger partial charge is 0.484 e. The molecular weight excluding hydrogens is 286 g/mol. The summed E-state index contributed by atoms with van der Waals surface area (Å²) in [6, 6.07) is 5.73. The highest BCUT2D eigenvalue weighted by Crippen LogP contribution is 2.22. The molecule has 0 spiro atoms. The van der Waals surface area contributed by atoms with Crippen LogP contribution in [0.1, 0.15) is 50.5 Å². The summed E-state index contributed by atoms with van der Waals surface area (Å²) in [6.07, 6.45) is 8.50. The first-order valence-electron chi connectivity index (χ1n) is 7.83. The molecule has 1 aliphatic rings. The SMILES string of the molecule is Cc1cc(Cl)ccc1OCC(=O)NC1CCCCCCC1. The van der Waals surface area contributed by atoms with Crippen LogP contribution in [0.2, 0.25) is 5.02 Å². The normalized spacial score (nSPS) is 16.9. The van der Waals surface area contributed by atoms with Crippen LogP contribution in [0.3, 0.4) is 0 Å². The van der Waals surface area contributed by atoms with Gasteiger partial charge < -0.3 is 10.1 Å². The summed E-state index contributed by atoms with van der Waals surface area (Å²) in [7, 11) is 0. The zero-order valence-electron chi connectivity index (χ0n) is 12.7. The maximum absolute atomic E-state index is 12.0. The first-order valence-corrected chi connectivity index (χ1v) is 8.21. The van der Waals surface area contributed by atoms with Crippen LogP contribution in [0.15, 0.2) is 18.2 Å². The highest BCUT2D eigenvalue weighted by Gasteiger charge is 2.14. The lowest BCUT2D eigenvalue weighted by molar-refractivity contribution is -0.123. The van der Waals surface area contributed by atoms with Gasteiger partial charge in [0.15, 0.2) is 6.61 Å². The smallest absolute Gasteiger partial charge is 0.258 e. The van der Waals surface area contributed by atoms with Crippen LogP contribution in [0.4, 0.5) is 0 Å². The van der Waals surface area contributed by atoms with Crippen LogP contribution in [0, 0.1) is 6.92 Å². The third kappa shape index (κ3) is 5.58. The molecule has 0 heterocycles. The lowest BCUT2D eigenvalue weighted by Crippen LogP contribution is -2.38. The summed E-state index contributed by atoms with van der Waals surface area (Å²) in [5.74, 6) is 0.683. The second-order valence-corrected chi connectivity index (χ2v) is 6.24. The quantitative estimate of drug-likeness (QED) is 0.902. The first-order chi connectivity index (χ1) is 10.1. The molecule has 0 radical (unpaired) electrons. The molecule has 1 aromatic carbocycles. The summed E-state index contributed by atoms with van der Waals surface area (Å²) in [4.78, 5) is 12.0. The Bertz CT molecular complexity index is 468. The van der Waals surface area contributed by atoms with Crippen molar-refractivity contribution < 1.29 is 9.53 Å². The van der Waals surface area contributed by atoms with Crippen LogP contribution in [-0.4, -0.2) is 18.6 Å². The van der Waals surface area contributed by atoms with Gasteiger partial charge in [-0.3, -0.25) is 4.79 Å². The maximum Gasteiger partial charge on any atom is 0.258 e. The van der Waals surface area contributed by atoms with E-state index in [1.165, 1.54) is 32.1 Å². The van der Waals surface area contributed by atoms with E-state index < -0.39 is 0 Å². The summed E-state index contributed by atoms with van der Waals surface area (Å²) in [6.45, 7) is 1.99. The number of carbonyl (C=O) groups is 1. The predicted octanol–water partition coefficient (Wildman–Crippen LogP) is 4.26. The van der Waals surface area contributed by atoms with Crippen molar-refractivity contribution in [3.63, 3.8) is 0 Å². The van der Waals surface area contributed by atoms with Gasteiger partial charge in [-0.15, -0.1) is 0 Å². The lowest BCUT2D eigenvalue weighted by atomic mass is 9.97. The second kappa shape index (κ2) is 8.28. The predicted molar refractivity (Wildman–Crippen MR) is 85.9 cm³/mol. The lowest BCUT2D eigenvalue weighted by Gasteiger charge is -2.21. The summed E-state index contributed by atoms with van der Waals surface area (Å²) in [5.41, 5.74) is 0.946. The molecule has 1 N–H and O–H groups in total. The van der Waals surface area contributed by atoms with E-state index >= 15 is 0 Å². The number of aryl methyl sites for hydroxylation is 1. The Morgan fingerprint density at radius 2 is 1.90 bits per heavy atom. The minimum absolute atomic E-state index is 0.0325. The van der Waals surface area contributed by atoms with Crippen molar-refractivity contribution in [3.05, 3.63) is 28.8 Å². The number of carbonyl (C=O) groups excluding carboxylic acids is 1. The summed E-state index contributed by atoms with van der Waals surface area (Å²) in [5, 5.41) is 3.78. The Labute approximate surface area is 132 Å². The summed E-state index contributed by atoms with van der Waals surface area (Å²) < 4.78 is 5.58. The number of ether oxygens (including phenoxy) is 1. The molecule has 0 saturated heterocycles. The minimum atomic E-state index is -0.0325. The molecule has 116 valence electrons. The van der Waals surface area contributed by atoms with Crippen molar-refractivity contribution in [2.45, 2.75) is 57.9 Å². The van der Waals surface area contributed by atoms with Crippen LogP contribution >= 0.6 is 11.6 Å². The number of hydrogen-bond acceptors (Lipinski definition) is 2. The molecule has 0 atom stereocenters. The van der Waals surface area contributed by atoms with Crippen molar-refractivity contribution in [2.75, 3.05) is 6.61 Å². The molecule has 2 rings (SSSR count). The standard InChI is InChI=1S/C17H24ClNO2/c1-13-11-14(18)9-10-16(13)21-12-17(20)19-15-7-5-3-2-4-6-8-15/h9-11,15H,2-8,12H2,1H3,(H,19,20). The average Bonchev–Trinajstić information content (AvgIpc) is 2.41.